The van der Waals surface area contributed by atoms with Crippen molar-refractivity contribution in [2.75, 3.05) is 25.5 Å². The Hall–Kier alpha value is -1.85. The number of carbonyl (C=O) groups is 1. The molecule has 1 atom stereocenters. The first kappa shape index (κ1) is 19.5. The molecule has 0 bridgehead atoms. The van der Waals surface area contributed by atoms with Crippen LogP contribution in [0.25, 0.3) is 0 Å². The van der Waals surface area contributed by atoms with Gasteiger partial charge in [0, 0.05) is 42.8 Å². The maximum Gasteiger partial charge on any atom is 0.275 e. The monoisotopic (exact) mass is 404 g/mol. The number of nitrogens with zero attached hydrogens (tertiary/aromatic N) is 1. The first-order valence-corrected chi connectivity index (χ1v) is 9.40. The van der Waals surface area contributed by atoms with Crippen molar-refractivity contribution >= 4 is 27.5 Å². The van der Waals surface area contributed by atoms with E-state index in [2.05, 4.69) is 74.8 Å². The van der Waals surface area contributed by atoms with Crippen molar-refractivity contribution in [3.05, 3.63) is 64.1 Å². The van der Waals surface area contributed by atoms with Crippen molar-refractivity contribution in [1.82, 2.24) is 5.32 Å². The Kier molecular flexibility index (Phi) is 7.47. The topological polar surface area (TPSA) is 49.0 Å². The molecule has 0 aliphatic rings. The van der Waals surface area contributed by atoms with Gasteiger partial charge in [-0.2, -0.15) is 0 Å². The zero-order chi connectivity index (χ0) is 18.2. The summed E-state index contributed by atoms with van der Waals surface area (Å²) in [6, 6.07) is 16.8. The van der Waals surface area contributed by atoms with Gasteiger partial charge in [0.2, 0.25) is 0 Å². The zero-order valence-corrected chi connectivity index (χ0v) is 16.7. The molecule has 0 unspecified atom stereocenters. The first-order chi connectivity index (χ1) is 12.0. The molecule has 1 amide bonds. The molecule has 3 N–H and O–H groups in total. The Morgan fingerprint density at radius 1 is 1.12 bits per heavy atom. The van der Waals surface area contributed by atoms with Crippen LogP contribution in [0.1, 0.15) is 30.5 Å². The fourth-order valence-corrected chi connectivity index (χ4v) is 2.95. The second kappa shape index (κ2) is 9.59. The van der Waals surface area contributed by atoms with Gasteiger partial charge in [-0.1, -0.05) is 47.1 Å². The molecule has 0 aliphatic heterocycles. The summed E-state index contributed by atoms with van der Waals surface area (Å²) in [6.07, 6.45) is 0.987. The van der Waals surface area contributed by atoms with Crippen LogP contribution in [0.4, 0.5) is 5.69 Å². The molecule has 5 heteroatoms. The molecule has 0 radical (unpaired) electrons. The molecule has 0 saturated carbocycles. The third-order valence-corrected chi connectivity index (χ3v) is 4.80. The van der Waals surface area contributed by atoms with Crippen LogP contribution >= 0.6 is 15.9 Å². The highest BCUT2D eigenvalue weighted by Crippen LogP contribution is 2.16. The number of hydrogen-bond donors (Lipinski definition) is 2. The van der Waals surface area contributed by atoms with E-state index in [0.29, 0.717) is 19.1 Å². The molecular formula is C20H27BrN3O+. The van der Waals surface area contributed by atoms with Crippen molar-refractivity contribution in [3.63, 3.8) is 0 Å². The van der Waals surface area contributed by atoms with E-state index in [1.165, 1.54) is 5.56 Å². The number of halogens is 1. The zero-order valence-electron chi connectivity index (χ0n) is 15.1. The summed E-state index contributed by atoms with van der Waals surface area (Å²) >= 11 is 3.46. The molecule has 4 nitrogen and oxygen atoms in total. The molecule has 2 rings (SSSR count). The molecule has 0 saturated heterocycles. The quantitative estimate of drug-likeness (QED) is 0.710. The Morgan fingerprint density at radius 3 is 2.32 bits per heavy atom. The number of quaternary nitrogens is 1. The summed E-state index contributed by atoms with van der Waals surface area (Å²) in [7, 11) is 4.03. The Bertz CT molecular complexity index is 668. The lowest BCUT2D eigenvalue weighted by Gasteiger charge is -2.15. The minimum absolute atomic E-state index is 0.0623. The lowest BCUT2D eigenvalue weighted by molar-refractivity contribution is -0.686. The van der Waals surface area contributed by atoms with Crippen molar-refractivity contribution < 1.29 is 10.1 Å². The van der Waals surface area contributed by atoms with Gasteiger partial charge in [-0.3, -0.25) is 4.79 Å². The van der Waals surface area contributed by atoms with Crippen LogP contribution < -0.4 is 15.5 Å². The standard InChI is InChI=1S/C20H26BrN3O/c1-4-19(16-7-9-17(21)10-8-16)22-14-20(25)23-13-15-5-11-18(12-6-15)24(2)3/h5-12,19,22H,4,13-14H2,1-3H3,(H,23,25)/p+1/t19-/m1/s1. The number of hydrogen-bond acceptors (Lipinski definition) is 2. The van der Waals surface area contributed by atoms with Crippen LogP contribution in [0.5, 0.6) is 0 Å². The molecule has 134 valence electrons. The number of nitrogens with one attached hydrogen (secondary N) is 1. The van der Waals surface area contributed by atoms with Crippen LogP contribution in [-0.4, -0.2) is 26.5 Å². The van der Waals surface area contributed by atoms with Gasteiger partial charge in [0.15, 0.2) is 6.54 Å². The summed E-state index contributed by atoms with van der Waals surface area (Å²) in [6.45, 7) is 3.15. The maximum atomic E-state index is 12.1. The van der Waals surface area contributed by atoms with Crippen molar-refractivity contribution in [1.29, 1.82) is 0 Å². The molecule has 0 aliphatic carbocycles. The number of nitrogens with two attached hydrogens (primary N) is 1. The van der Waals surface area contributed by atoms with Gasteiger partial charge in [0.05, 0.1) is 0 Å². The smallest absolute Gasteiger partial charge is 0.275 e. The predicted molar refractivity (Wildman–Crippen MR) is 107 cm³/mol. The van der Waals surface area contributed by atoms with Crippen molar-refractivity contribution in [3.8, 4) is 0 Å². The molecule has 0 spiro atoms. The SMILES string of the molecule is CC[C@@H]([NH2+]CC(=O)NCc1ccc(N(C)C)cc1)c1ccc(Br)cc1. The number of carbonyl (C=O) groups excluding carboxylic acids is 1. The van der Waals surface area contributed by atoms with Crippen molar-refractivity contribution in [2.45, 2.75) is 25.9 Å². The first-order valence-electron chi connectivity index (χ1n) is 8.61. The molecule has 2 aromatic carbocycles. The van der Waals surface area contributed by atoms with Gasteiger partial charge in [-0.25, -0.2) is 0 Å². The third-order valence-electron chi connectivity index (χ3n) is 4.27. The second-order valence-corrected chi connectivity index (χ2v) is 7.26. The Labute approximate surface area is 158 Å². The average Bonchev–Trinajstić information content (AvgIpc) is 2.62. The minimum atomic E-state index is 0.0623. The van der Waals surface area contributed by atoms with E-state index >= 15 is 0 Å². The van der Waals surface area contributed by atoms with E-state index < -0.39 is 0 Å². The van der Waals surface area contributed by atoms with E-state index in [1.807, 2.05) is 26.2 Å². The number of amides is 1. The summed E-state index contributed by atoms with van der Waals surface area (Å²) in [5, 5.41) is 5.10. The highest BCUT2D eigenvalue weighted by molar-refractivity contribution is 9.10. The van der Waals surface area contributed by atoms with Gasteiger partial charge in [0.25, 0.3) is 5.91 Å². The van der Waals surface area contributed by atoms with Crippen LogP contribution in [0.2, 0.25) is 0 Å². The molecule has 25 heavy (non-hydrogen) atoms. The lowest BCUT2D eigenvalue weighted by atomic mass is 10.0. The fraction of sp³-hybridized carbons (Fsp3) is 0.350. The van der Waals surface area contributed by atoms with E-state index in [9.17, 15) is 4.79 Å². The van der Waals surface area contributed by atoms with Crippen LogP contribution in [0.15, 0.2) is 53.0 Å². The normalized spacial score (nSPS) is 11.8. The summed E-state index contributed by atoms with van der Waals surface area (Å²) in [5.74, 6) is 0.0623. The molecular weight excluding hydrogens is 378 g/mol. The minimum Gasteiger partial charge on any atom is -0.378 e. The molecule has 0 aromatic heterocycles. The van der Waals surface area contributed by atoms with Crippen LogP contribution in [0, 0.1) is 0 Å². The Morgan fingerprint density at radius 2 is 1.76 bits per heavy atom. The number of anilines is 1. The highest BCUT2D eigenvalue weighted by atomic mass is 79.9. The lowest BCUT2D eigenvalue weighted by Crippen LogP contribution is -2.87. The van der Waals surface area contributed by atoms with Gasteiger partial charge >= 0.3 is 0 Å². The van der Waals surface area contributed by atoms with Gasteiger partial charge in [-0.15, -0.1) is 0 Å². The highest BCUT2D eigenvalue weighted by Gasteiger charge is 2.14. The molecule has 2 aromatic rings. The van der Waals surface area contributed by atoms with Gasteiger partial charge in [0.1, 0.15) is 6.04 Å². The fourth-order valence-electron chi connectivity index (χ4n) is 2.68. The van der Waals surface area contributed by atoms with E-state index in [-0.39, 0.29) is 5.91 Å². The number of benzene rings is 2. The average molecular weight is 405 g/mol. The van der Waals surface area contributed by atoms with Crippen LogP contribution in [-0.2, 0) is 11.3 Å². The van der Waals surface area contributed by atoms with E-state index in [4.69, 9.17) is 0 Å². The second-order valence-electron chi connectivity index (χ2n) is 6.34. The molecule has 0 heterocycles. The van der Waals surface area contributed by atoms with E-state index in [1.54, 1.807) is 0 Å². The molecule has 0 fully saturated rings. The third kappa shape index (κ3) is 6.18. The predicted octanol–water partition coefficient (Wildman–Crippen LogP) is 2.85. The Balaban J connectivity index is 1.80. The van der Waals surface area contributed by atoms with Crippen LogP contribution in [0.3, 0.4) is 0 Å². The summed E-state index contributed by atoms with van der Waals surface area (Å²) < 4.78 is 1.07. The van der Waals surface area contributed by atoms with E-state index in [0.717, 1.165) is 22.1 Å². The largest absolute Gasteiger partial charge is 0.378 e. The maximum absolute atomic E-state index is 12.1. The number of rotatable bonds is 8. The van der Waals surface area contributed by atoms with Crippen molar-refractivity contribution in [2.24, 2.45) is 0 Å². The summed E-state index contributed by atoms with van der Waals surface area (Å²) in [5.41, 5.74) is 3.51. The summed E-state index contributed by atoms with van der Waals surface area (Å²) in [4.78, 5) is 14.2. The van der Waals surface area contributed by atoms with Gasteiger partial charge < -0.3 is 15.5 Å². The van der Waals surface area contributed by atoms with Gasteiger partial charge in [-0.05, 0) is 29.8 Å².